The zero-order valence-corrected chi connectivity index (χ0v) is 16.0. The van der Waals surface area contributed by atoms with Crippen LogP contribution in [0, 0.1) is 24.6 Å². The number of benzene rings is 1. The Labute approximate surface area is 156 Å². The fourth-order valence-corrected chi connectivity index (χ4v) is 5.30. The summed E-state index contributed by atoms with van der Waals surface area (Å²) in [6, 6.07) is 6.50. The highest BCUT2D eigenvalue weighted by Gasteiger charge is 2.34. The molecule has 5 nitrogen and oxygen atoms in total. The molecule has 0 bridgehead atoms. The summed E-state index contributed by atoms with van der Waals surface area (Å²) in [5.41, 5.74) is 0.588. The van der Waals surface area contributed by atoms with Crippen molar-refractivity contribution in [3.8, 4) is 5.88 Å². The van der Waals surface area contributed by atoms with Crippen LogP contribution in [0.15, 0.2) is 24.3 Å². The van der Waals surface area contributed by atoms with Crippen molar-refractivity contribution in [3.05, 3.63) is 46.3 Å². The Morgan fingerprint density at radius 1 is 1.23 bits per heavy atom. The number of thiazole rings is 1. The van der Waals surface area contributed by atoms with Crippen LogP contribution in [0.25, 0.3) is 4.96 Å². The van der Waals surface area contributed by atoms with Crippen molar-refractivity contribution < 1.29 is 9.50 Å². The van der Waals surface area contributed by atoms with E-state index in [1.807, 2.05) is 12.1 Å². The molecule has 4 rings (SSSR count). The van der Waals surface area contributed by atoms with Crippen molar-refractivity contribution in [3.63, 3.8) is 0 Å². The van der Waals surface area contributed by atoms with E-state index in [0.717, 1.165) is 13.1 Å². The molecular formula is C19H23FN4OS. The lowest BCUT2D eigenvalue weighted by Crippen LogP contribution is -2.41. The Kier molecular flexibility index (Phi) is 4.44. The van der Waals surface area contributed by atoms with Gasteiger partial charge in [0.25, 0.3) is 0 Å². The molecule has 0 saturated carbocycles. The number of halogens is 1. The first-order valence-corrected chi connectivity index (χ1v) is 9.79. The van der Waals surface area contributed by atoms with Gasteiger partial charge in [-0.3, -0.25) is 4.90 Å². The number of aromatic hydroxyl groups is 1. The Bertz CT molecular complexity index is 927. The van der Waals surface area contributed by atoms with E-state index in [4.69, 9.17) is 0 Å². The van der Waals surface area contributed by atoms with Crippen LogP contribution in [-0.2, 0) is 0 Å². The minimum atomic E-state index is -0.338. The van der Waals surface area contributed by atoms with E-state index in [-0.39, 0.29) is 17.7 Å². The molecule has 3 atom stereocenters. The van der Waals surface area contributed by atoms with E-state index in [1.165, 1.54) is 28.3 Å². The van der Waals surface area contributed by atoms with Gasteiger partial charge in [-0.05, 0) is 31.2 Å². The number of aryl methyl sites for hydroxylation is 1. The van der Waals surface area contributed by atoms with Gasteiger partial charge in [0.15, 0.2) is 0 Å². The number of fused-ring (bicyclic) bond motifs is 1. The van der Waals surface area contributed by atoms with Gasteiger partial charge in [0.05, 0.1) is 10.9 Å². The number of hydrogen-bond donors (Lipinski definition) is 1. The average molecular weight is 374 g/mol. The molecule has 0 spiro atoms. The molecule has 1 saturated heterocycles. The van der Waals surface area contributed by atoms with Gasteiger partial charge >= 0.3 is 0 Å². The second-order valence-corrected chi connectivity index (χ2v) is 8.48. The summed E-state index contributed by atoms with van der Waals surface area (Å²) < 4.78 is 16.2. The molecular weight excluding hydrogens is 351 g/mol. The van der Waals surface area contributed by atoms with E-state index in [0.29, 0.717) is 33.1 Å². The Hall–Kier alpha value is -1.99. The van der Waals surface area contributed by atoms with Crippen LogP contribution in [0.2, 0.25) is 0 Å². The van der Waals surface area contributed by atoms with E-state index in [2.05, 4.69) is 28.8 Å². The van der Waals surface area contributed by atoms with Crippen molar-refractivity contribution in [2.75, 3.05) is 13.1 Å². The Morgan fingerprint density at radius 3 is 2.58 bits per heavy atom. The summed E-state index contributed by atoms with van der Waals surface area (Å²) in [7, 11) is 0. The van der Waals surface area contributed by atoms with Crippen molar-refractivity contribution in [2.45, 2.75) is 33.2 Å². The Morgan fingerprint density at radius 2 is 1.92 bits per heavy atom. The van der Waals surface area contributed by atoms with E-state index < -0.39 is 0 Å². The third kappa shape index (κ3) is 2.99. The predicted octanol–water partition coefficient (Wildman–Crippen LogP) is 4.01. The van der Waals surface area contributed by atoms with Gasteiger partial charge in [-0.2, -0.15) is 4.52 Å². The maximum atomic E-state index is 14.7. The summed E-state index contributed by atoms with van der Waals surface area (Å²) in [5.74, 6) is 1.47. The zero-order chi connectivity index (χ0) is 18.4. The van der Waals surface area contributed by atoms with Gasteiger partial charge in [-0.15, -0.1) is 5.10 Å². The highest BCUT2D eigenvalue weighted by molar-refractivity contribution is 7.17. The first-order valence-electron chi connectivity index (χ1n) is 8.97. The van der Waals surface area contributed by atoms with Crippen LogP contribution < -0.4 is 0 Å². The van der Waals surface area contributed by atoms with E-state index in [9.17, 15) is 9.50 Å². The lowest BCUT2D eigenvalue weighted by atomic mass is 9.89. The minimum Gasteiger partial charge on any atom is -0.492 e. The molecule has 3 heterocycles. The van der Waals surface area contributed by atoms with Gasteiger partial charge in [-0.25, -0.2) is 9.37 Å². The first-order chi connectivity index (χ1) is 12.4. The fraction of sp³-hybridized carbons (Fsp3) is 0.474. The number of hydrogen-bond acceptors (Lipinski definition) is 5. The molecule has 1 aliphatic heterocycles. The molecule has 3 aromatic rings. The molecule has 138 valence electrons. The first kappa shape index (κ1) is 17.4. The quantitative estimate of drug-likeness (QED) is 0.753. The van der Waals surface area contributed by atoms with Crippen LogP contribution in [0.5, 0.6) is 5.88 Å². The van der Waals surface area contributed by atoms with Crippen LogP contribution in [0.1, 0.15) is 42.6 Å². The molecule has 1 fully saturated rings. The molecule has 1 aliphatic rings. The lowest BCUT2D eigenvalue weighted by Gasteiger charge is -2.40. The summed E-state index contributed by atoms with van der Waals surface area (Å²) in [6.07, 6.45) is 1.17. The number of rotatable bonds is 3. The summed E-state index contributed by atoms with van der Waals surface area (Å²) >= 11 is 1.38. The average Bonchev–Trinajstić information content (AvgIpc) is 3.07. The smallest absolute Gasteiger partial charge is 0.230 e. The molecule has 1 N–H and O–H groups in total. The van der Waals surface area contributed by atoms with Crippen molar-refractivity contribution in [1.29, 1.82) is 0 Å². The van der Waals surface area contributed by atoms with Crippen LogP contribution in [0.3, 0.4) is 0 Å². The maximum Gasteiger partial charge on any atom is 0.230 e. The minimum absolute atomic E-state index is 0.0599. The van der Waals surface area contributed by atoms with Gasteiger partial charge in [-0.1, -0.05) is 43.4 Å². The van der Waals surface area contributed by atoms with Crippen molar-refractivity contribution in [1.82, 2.24) is 19.5 Å². The SMILES string of the molecule is Cc1nc2sc([C@@H](c3ccccc3F)N3C[C@@H](C)C[C@H](C)C3)c(O)n2n1. The fourth-order valence-electron chi connectivity index (χ4n) is 4.15. The zero-order valence-electron chi connectivity index (χ0n) is 15.2. The topological polar surface area (TPSA) is 53.7 Å². The summed E-state index contributed by atoms with van der Waals surface area (Å²) in [4.78, 5) is 7.99. The van der Waals surface area contributed by atoms with E-state index in [1.54, 1.807) is 13.0 Å². The van der Waals surface area contributed by atoms with Gasteiger partial charge in [0.1, 0.15) is 11.6 Å². The Balaban J connectivity index is 1.85. The monoisotopic (exact) mass is 374 g/mol. The number of aromatic nitrogens is 3. The molecule has 0 radical (unpaired) electrons. The maximum absolute atomic E-state index is 14.7. The largest absolute Gasteiger partial charge is 0.492 e. The number of nitrogens with zero attached hydrogens (tertiary/aromatic N) is 4. The molecule has 0 unspecified atom stereocenters. The standard InChI is InChI=1S/C19H23FN4OS/c1-11-8-12(2)10-23(9-11)16(14-6-4-5-7-15(14)20)17-18(25)24-19(26-17)21-13(3)22-24/h4-7,11-12,16,25H,8-10H2,1-3H3/t11-,12-,16+/m0/s1. The second-order valence-electron chi connectivity index (χ2n) is 7.47. The normalized spacial score (nSPS) is 22.8. The molecule has 0 aliphatic carbocycles. The van der Waals surface area contributed by atoms with Crippen LogP contribution >= 0.6 is 11.3 Å². The highest BCUT2D eigenvalue weighted by atomic mass is 32.1. The molecule has 0 amide bonds. The summed E-state index contributed by atoms with van der Waals surface area (Å²) in [5, 5.41) is 15.1. The predicted molar refractivity (Wildman–Crippen MR) is 100 cm³/mol. The molecule has 26 heavy (non-hydrogen) atoms. The summed E-state index contributed by atoms with van der Waals surface area (Å²) in [6.45, 7) is 7.99. The van der Waals surface area contributed by atoms with Crippen LogP contribution in [0.4, 0.5) is 4.39 Å². The van der Waals surface area contributed by atoms with Crippen molar-refractivity contribution >= 4 is 16.3 Å². The molecule has 7 heteroatoms. The van der Waals surface area contributed by atoms with Crippen molar-refractivity contribution in [2.24, 2.45) is 11.8 Å². The number of piperidine rings is 1. The van der Waals surface area contributed by atoms with Gasteiger partial charge in [0.2, 0.25) is 10.8 Å². The van der Waals surface area contributed by atoms with Gasteiger partial charge < -0.3 is 5.11 Å². The van der Waals surface area contributed by atoms with Crippen LogP contribution in [-0.4, -0.2) is 37.7 Å². The van der Waals surface area contributed by atoms with Gasteiger partial charge in [0, 0.05) is 18.7 Å². The number of likely N-dealkylation sites (tertiary alicyclic amines) is 1. The van der Waals surface area contributed by atoms with E-state index >= 15 is 0 Å². The molecule has 1 aromatic carbocycles. The lowest BCUT2D eigenvalue weighted by molar-refractivity contribution is 0.110. The second kappa shape index (κ2) is 6.63. The highest BCUT2D eigenvalue weighted by Crippen LogP contribution is 2.42. The third-order valence-electron chi connectivity index (χ3n) is 5.02. The third-order valence-corrected chi connectivity index (χ3v) is 6.09. The molecule has 2 aromatic heterocycles.